The molecule has 1 aliphatic rings. The molecule has 1 saturated heterocycles. The van der Waals surface area contributed by atoms with Gasteiger partial charge in [-0.25, -0.2) is 9.69 Å². The van der Waals surface area contributed by atoms with E-state index in [2.05, 4.69) is 26.6 Å². The van der Waals surface area contributed by atoms with Crippen LogP contribution in [0.4, 0.5) is 16.2 Å². The van der Waals surface area contributed by atoms with Crippen molar-refractivity contribution in [2.75, 3.05) is 16.8 Å². The van der Waals surface area contributed by atoms with Crippen molar-refractivity contribution in [3.63, 3.8) is 0 Å². The molecule has 5 amide bonds. The van der Waals surface area contributed by atoms with E-state index in [0.29, 0.717) is 15.7 Å². The number of aryl methyl sites for hydroxylation is 2. The number of halogens is 1. The lowest BCUT2D eigenvalue weighted by atomic mass is 10.1. The van der Waals surface area contributed by atoms with Crippen molar-refractivity contribution in [3.8, 4) is 11.5 Å². The number of phenolic OH excluding ortho intramolecular Hbond substituents is 1. The predicted molar refractivity (Wildman–Crippen MR) is 141 cm³/mol. The summed E-state index contributed by atoms with van der Waals surface area (Å²) in [7, 11) is 0. The Labute approximate surface area is 220 Å². The van der Waals surface area contributed by atoms with Gasteiger partial charge in [-0.15, -0.1) is 0 Å². The van der Waals surface area contributed by atoms with E-state index in [1.54, 1.807) is 18.2 Å². The maximum absolute atomic E-state index is 13.2. The van der Waals surface area contributed by atoms with Crippen LogP contribution < -0.4 is 20.3 Å². The van der Waals surface area contributed by atoms with Crippen LogP contribution in [-0.2, 0) is 14.4 Å². The molecular weight excluding hydrogens is 542 g/mol. The van der Waals surface area contributed by atoms with Crippen LogP contribution in [0.5, 0.6) is 11.5 Å². The van der Waals surface area contributed by atoms with E-state index < -0.39 is 17.8 Å². The maximum Gasteiger partial charge on any atom is 0.335 e. The molecule has 1 aliphatic heterocycles. The molecule has 3 aromatic rings. The first kappa shape index (κ1) is 25.6. The molecule has 0 radical (unpaired) electrons. The number of rotatable bonds is 6. The molecular formula is C27H22BrN3O6. The van der Waals surface area contributed by atoms with Crippen LogP contribution in [0.1, 0.15) is 16.7 Å². The number of anilines is 2. The van der Waals surface area contributed by atoms with Gasteiger partial charge in [-0.05, 0) is 79.6 Å². The molecule has 0 aromatic heterocycles. The molecule has 1 fully saturated rings. The van der Waals surface area contributed by atoms with E-state index >= 15 is 0 Å². The average Bonchev–Trinajstić information content (AvgIpc) is 2.84. The Kier molecular flexibility index (Phi) is 7.40. The Morgan fingerprint density at radius 2 is 1.78 bits per heavy atom. The van der Waals surface area contributed by atoms with Gasteiger partial charge in [0.15, 0.2) is 6.61 Å². The van der Waals surface area contributed by atoms with E-state index in [1.165, 1.54) is 30.3 Å². The molecule has 0 aliphatic carbocycles. The highest BCUT2D eigenvalue weighted by atomic mass is 79.9. The van der Waals surface area contributed by atoms with Gasteiger partial charge in [-0.1, -0.05) is 28.1 Å². The molecule has 3 N–H and O–H groups in total. The Bertz CT molecular complexity index is 1450. The summed E-state index contributed by atoms with van der Waals surface area (Å²) in [6.45, 7) is 3.49. The Morgan fingerprint density at radius 3 is 2.51 bits per heavy atom. The van der Waals surface area contributed by atoms with E-state index in [4.69, 9.17) is 4.74 Å². The number of benzene rings is 3. The van der Waals surface area contributed by atoms with Crippen molar-refractivity contribution in [1.29, 1.82) is 0 Å². The Balaban J connectivity index is 1.58. The minimum Gasteiger partial charge on any atom is -0.508 e. The summed E-state index contributed by atoms with van der Waals surface area (Å²) in [5, 5.41) is 14.5. The Morgan fingerprint density at radius 1 is 1.05 bits per heavy atom. The first-order chi connectivity index (χ1) is 17.6. The van der Waals surface area contributed by atoms with Gasteiger partial charge in [-0.2, -0.15) is 0 Å². The molecule has 0 bridgehead atoms. The monoisotopic (exact) mass is 563 g/mol. The largest absolute Gasteiger partial charge is 0.508 e. The number of nitrogens with one attached hydrogen (secondary N) is 2. The number of phenols is 1. The SMILES string of the molecule is Cc1ccc(C)c(NC(=O)COc2ccc(Br)cc2/C=C2/C(=O)NC(=O)N(c3ccc(O)cc3)C2=O)c1. The summed E-state index contributed by atoms with van der Waals surface area (Å²) in [6, 6.07) is 15.1. The molecule has 0 spiro atoms. The molecule has 37 heavy (non-hydrogen) atoms. The maximum atomic E-state index is 13.2. The number of amides is 5. The van der Waals surface area contributed by atoms with Gasteiger partial charge >= 0.3 is 6.03 Å². The minimum absolute atomic E-state index is 0.0435. The number of nitrogens with zero attached hydrogens (tertiary/aromatic N) is 1. The van der Waals surface area contributed by atoms with Crippen LogP contribution in [-0.4, -0.2) is 35.5 Å². The lowest BCUT2D eigenvalue weighted by Crippen LogP contribution is -2.54. The number of ether oxygens (including phenoxy) is 1. The molecule has 0 unspecified atom stereocenters. The predicted octanol–water partition coefficient (Wildman–Crippen LogP) is 4.46. The number of hydrogen-bond donors (Lipinski definition) is 3. The number of hydrogen-bond acceptors (Lipinski definition) is 6. The molecule has 1 heterocycles. The lowest BCUT2D eigenvalue weighted by Gasteiger charge is -2.26. The third kappa shape index (κ3) is 5.87. The second-order valence-electron chi connectivity index (χ2n) is 8.31. The highest BCUT2D eigenvalue weighted by Gasteiger charge is 2.37. The van der Waals surface area contributed by atoms with Crippen LogP contribution in [0.25, 0.3) is 6.08 Å². The molecule has 0 atom stereocenters. The zero-order valence-corrected chi connectivity index (χ0v) is 21.5. The fraction of sp³-hybridized carbons (Fsp3) is 0.111. The normalized spacial score (nSPS) is 14.5. The highest BCUT2D eigenvalue weighted by Crippen LogP contribution is 2.29. The topological polar surface area (TPSA) is 125 Å². The van der Waals surface area contributed by atoms with Crippen molar-refractivity contribution in [2.24, 2.45) is 0 Å². The summed E-state index contributed by atoms with van der Waals surface area (Å²) in [5.74, 6) is -1.90. The van der Waals surface area contributed by atoms with Gasteiger partial charge in [0.05, 0.1) is 5.69 Å². The van der Waals surface area contributed by atoms with Gasteiger partial charge < -0.3 is 15.2 Å². The fourth-order valence-corrected chi connectivity index (χ4v) is 3.99. The summed E-state index contributed by atoms with van der Waals surface area (Å²) in [4.78, 5) is 51.5. The summed E-state index contributed by atoms with van der Waals surface area (Å²) in [5.41, 5.74) is 2.78. The van der Waals surface area contributed by atoms with E-state index in [9.17, 15) is 24.3 Å². The fourth-order valence-electron chi connectivity index (χ4n) is 3.61. The third-order valence-corrected chi connectivity index (χ3v) is 6.00. The zero-order valence-electron chi connectivity index (χ0n) is 19.9. The van der Waals surface area contributed by atoms with Gasteiger partial charge in [0.25, 0.3) is 17.7 Å². The molecule has 10 heteroatoms. The average molecular weight is 564 g/mol. The lowest BCUT2D eigenvalue weighted by molar-refractivity contribution is -0.122. The van der Waals surface area contributed by atoms with E-state index in [0.717, 1.165) is 16.0 Å². The number of carbonyl (C=O) groups excluding carboxylic acids is 4. The number of urea groups is 1. The summed E-state index contributed by atoms with van der Waals surface area (Å²) >= 11 is 3.36. The van der Waals surface area contributed by atoms with Gasteiger partial charge in [-0.3, -0.25) is 19.7 Å². The molecule has 188 valence electrons. The van der Waals surface area contributed by atoms with Crippen molar-refractivity contribution in [3.05, 3.63) is 87.4 Å². The number of barbiturate groups is 1. The molecule has 4 rings (SSSR count). The molecule has 0 saturated carbocycles. The van der Waals surface area contributed by atoms with Gasteiger partial charge in [0.2, 0.25) is 0 Å². The molecule has 9 nitrogen and oxygen atoms in total. The van der Waals surface area contributed by atoms with E-state index in [1.807, 2.05) is 32.0 Å². The summed E-state index contributed by atoms with van der Waals surface area (Å²) in [6.07, 6.45) is 1.29. The first-order valence-corrected chi connectivity index (χ1v) is 11.9. The smallest absolute Gasteiger partial charge is 0.335 e. The summed E-state index contributed by atoms with van der Waals surface area (Å²) < 4.78 is 6.37. The van der Waals surface area contributed by atoms with Crippen molar-refractivity contribution in [2.45, 2.75) is 13.8 Å². The zero-order chi connectivity index (χ0) is 26.7. The third-order valence-electron chi connectivity index (χ3n) is 5.51. The van der Waals surface area contributed by atoms with Crippen molar-refractivity contribution in [1.82, 2.24) is 5.32 Å². The van der Waals surface area contributed by atoms with Crippen molar-refractivity contribution >= 4 is 57.1 Å². The van der Waals surface area contributed by atoms with Gasteiger partial charge in [0, 0.05) is 15.7 Å². The first-order valence-electron chi connectivity index (χ1n) is 11.1. The van der Waals surface area contributed by atoms with E-state index in [-0.39, 0.29) is 35.3 Å². The quantitative estimate of drug-likeness (QED) is 0.300. The standard InChI is InChI=1S/C27H22BrN3O6/c1-15-3-4-16(2)22(11-15)29-24(33)14-37-23-10-5-18(28)12-17(23)13-21-25(34)30-27(36)31(26(21)35)19-6-8-20(32)9-7-19/h3-13,32H,14H2,1-2H3,(H,29,33)(H,30,34,36)/b21-13-. The van der Waals surface area contributed by atoms with Crippen LogP contribution in [0.3, 0.4) is 0 Å². The highest BCUT2D eigenvalue weighted by molar-refractivity contribution is 9.10. The van der Waals surface area contributed by atoms with Crippen LogP contribution in [0.15, 0.2) is 70.7 Å². The Hall–Kier alpha value is -4.44. The van der Waals surface area contributed by atoms with Gasteiger partial charge in [0.1, 0.15) is 17.1 Å². The van der Waals surface area contributed by atoms with Crippen molar-refractivity contribution < 1.29 is 29.0 Å². The second-order valence-corrected chi connectivity index (χ2v) is 9.23. The van der Waals surface area contributed by atoms with Crippen LogP contribution >= 0.6 is 15.9 Å². The number of carbonyl (C=O) groups is 4. The number of imide groups is 2. The second kappa shape index (κ2) is 10.7. The number of aromatic hydroxyl groups is 1. The van der Waals surface area contributed by atoms with Crippen LogP contribution in [0.2, 0.25) is 0 Å². The molecule has 3 aromatic carbocycles. The van der Waals surface area contributed by atoms with Crippen LogP contribution in [0, 0.1) is 13.8 Å². The minimum atomic E-state index is -0.910.